The molecular formula is C10H11NO2. The largest absolute Gasteiger partial charge is 0.507 e. The predicted octanol–water partition coefficient (Wildman–Crippen LogP) is 1.61. The monoisotopic (exact) mass is 177 g/mol. The molecular weight excluding hydrogens is 166 g/mol. The van der Waals surface area contributed by atoms with Crippen LogP contribution in [-0.4, -0.2) is 23.8 Å². The molecule has 0 aliphatic carbocycles. The third kappa shape index (κ3) is 1.33. The molecule has 0 bridgehead atoms. The van der Waals surface area contributed by atoms with Crippen LogP contribution in [0.1, 0.15) is 5.56 Å². The number of ether oxygens (including phenoxy) is 1. The molecule has 2 rings (SSSR count). The van der Waals surface area contributed by atoms with Gasteiger partial charge in [-0.3, -0.25) is 0 Å². The van der Waals surface area contributed by atoms with Crippen LogP contribution in [0, 0.1) is 0 Å². The fourth-order valence-electron chi connectivity index (χ4n) is 1.35. The van der Waals surface area contributed by atoms with Crippen molar-refractivity contribution in [3.8, 4) is 5.75 Å². The molecule has 0 spiro atoms. The summed E-state index contributed by atoms with van der Waals surface area (Å²) in [6.07, 6.45) is 1.66. The van der Waals surface area contributed by atoms with Gasteiger partial charge < -0.3 is 14.7 Å². The Hall–Kier alpha value is -1.64. The Morgan fingerprint density at radius 2 is 2.15 bits per heavy atom. The molecule has 0 fully saturated rings. The second kappa shape index (κ2) is 3.01. The second-order valence-corrected chi connectivity index (χ2v) is 3.01. The van der Waals surface area contributed by atoms with Gasteiger partial charge in [0.1, 0.15) is 12.0 Å². The fraction of sp³-hybridized carbons (Fsp3) is 0.200. The lowest BCUT2D eigenvalue weighted by Gasteiger charge is -2.13. The first kappa shape index (κ1) is 7.98. The summed E-state index contributed by atoms with van der Waals surface area (Å²) < 4.78 is 5.13. The summed E-state index contributed by atoms with van der Waals surface area (Å²) in [6, 6.07) is 7.23. The fourth-order valence-corrected chi connectivity index (χ4v) is 1.35. The number of hydrogen-bond donors (Lipinski definition) is 1. The molecule has 0 unspecified atom stereocenters. The SMILES string of the molecule is CN1COC=C1c1ccccc1O. The molecule has 1 aromatic rings. The summed E-state index contributed by atoms with van der Waals surface area (Å²) in [6.45, 7) is 0.545. The van der Waals surface area contributed by atoms with Crippen LogP contribution in [0.2, 0.25) is 0 Å². The van der Waals surface area contributed by atoms with Gasteiger partial charge in [-0.15, -0.1) is 0 Å². The van der Waals surface area contributed by atoms with E-state index in [1.807, 2.05) is 24.1 Å². The van der Waals surface area contributed by atoms with Gasteiger partial charge >= 0.3 is 0 Å². The van der Waals surface area contributed by atoms with Gasteiger partial charge in [-0.05, 0) is 12.1 Å². The zero-order valence-electron chi connectivity index (χ0n) is 7.40. The van der Waals surface area contributed by atoms with Crippen LogP contribution >= 0.6 is 0 Å². The van der Waals surface area contributed by atoms with Crippen LogP contribution in [0.3, 0.4) is 0 Å². The van der Waals surface area contributed by atoms with E-state index in [2.05, 4.69) is 0 Å². The number of hydrogen-bond acceptors (Lipinski definition) is 3. The zero-order chi connectivity index (χ0) is 9.26. The van der Waals surface area contributed by atoms with E-state index in [-0.39, 0.29) is 5.75 Å². The molecule has 68 valence electrons. The Morgan fingerprint density at radius 1 is 1.38 bits per heavy atom. The first-order valence-electron chi connectivity index (χ1n) is 4.10. The summed E-state index contributed by atoms with van der Waals surface area (Å²) >= 11 is 0. The quantitative estimate of drug-likeness (QED) is 0.707. The molecule has 0 atom stereocenters. The third-order valence-corrected chi connectivity index (χ3v) is 2.05. The van der Waals surface area contributed by atoms with Crippen LogP contribution in [0.25, 0.3) is 5.70 Å². The number of phenolic OH excluding ortho intramolecular Hbond substituents is 1. The van der Waals surface area contributed by atoms with Crippen LogP contribution in [0.4, 0.5) is 0 Å². The van der Waals surface area contributed by atoms with Gasteiger partial charge in [0.25, 0.3) is 0 Å². The normalized spacial score (nSPS) is 15.5. The highest BCUT2D eigenvalue weighted by Gasteiger charge is 2.15. The van der Waals surface area contributed by atoms with Gasteiger partial charge in [0.15, 0.2) is 6.73 Å². The predicted molar refractivity (Wildman–Crippen MR) is 49.8 cm³/mol. The molecule has 1 aliphatic heterocycles. The van der Waals surface area contributed by atoms with Gasteiger partial charge in [-0.1, -0.05) is 12.1 Å². The van der Waals surface area contributed by atoms with Gasteiger partial charge in [0, 0.05) is 12.6 Å². The summed E-state index contributed by atoms with van der Waals surface area (Å²) in [5.41, 5.74) is 1.72. The van der Waals surface area contributed by atoms with Gasteiger partial charge in [0.05, 0.1) is 5.70 Å². The van der Waals surface area contributed by atoms with Crippen LogP contribution < -0.4 is 0 Å². The summed E-state index contributed by atoms with van der Waals surface area (Å²) in [7, 11) is 1.92. The van der Waals surface area contributed by atoms with Crippen molar-refractivity contribution < 1.29 is 9.84 Å². The van der Waals surface area contributed by atoms with E-state index >= 15 is 0 Å². The number of aromatic hydroxyl groups is 1. The average Bonchev–Trinajstić information content (AvgIpc) is 2.52. The molecule has 13 heavy (non-hydrogen) atoms. The number of nitrogens with zero attached hydrogens (tertiary/aromatic N) is 1. The van der Waals surface area contributed by atoms with Crippen LogP contribution in [0.5, 0.6) is 5.75 Å². The number of para-hydroxylation sites is 1. The van der Waals surface area contributed by atoms with Crippen molar-refractivity contribution in [1.29, 1.82) is 0 Å². The highest BCUT2D eigenvalue weighted by atomic mass is 16.5. The lowest BCUT2D eigenvalue weighted by molar-refractivity contribution is 0.194. The molecule has 0 saturated carbocycles. The lowest BCUT2D eigenvalue weighted by Crippen LogP contribution is -2.12. The van der Waals surface area contributed by atoms with Crippen molar-refractivity contribution in [2.24, 2.45) is 0 Å². The Kier molecular flexibility index (Phi) is 1.85. The van der Waals surface area contributed by atoms with E-state index in [0.717, 1.165) is 11.3 Å². The van der Waals surface area contributed by atoms with E-state index < -0.39 is 0 Å². The van der Waals surface area contributed by atoms with E-state index in [1.54, 1.807) is 18.4 Å². The number of phenols is 1. The molecule has 1 N–H and O–H groups in total. The molecule has 1 aromatic carbocycles. The highest BCUT2D eigenvalue weighted by Crippen LogP contribution is 2.28. The first-order chi connectivity index (χ1) is 6.29. The first-order valence-corrected chi connectivity index (χ1v) is 4.10. The van der Waals surface area contributed by atoms with Crippen LogP contribution in [-0.2, 0) is 4.74 Å². The Bertz CT molecular complexity index is 347. The van der Waals surface area contributed by atoms with Gasteiger partial charge in [0.2, 0.25) is 0 Å². The van der Waals surface area contributed by atoms with Crippen molar-refractivity contribution in [2.45, 2.75) is 0 Å². The number of rotatable bonds is 1. The maximum atomic E-state index is 9.57. The molecule has 1 aliphatic rings. The van der Waals surface area contributed by atoms with Crippen molar-refractivity contribution >= 4 is 5.70 Å². The minimum atomic E-state index is 0.283. The smallest absolute Gasteiger partial charge is 0.160 e. The molecule has 0 aromatic heterocycles. The summed E-state index contributed by atoms with van der Waals surface area (Å²) in [5.74, 6) is 0.283. The molecule has 1 heterocycles. The van der Waals surface area contributed by atoms with E-state index in [0.29, 0.717) is 6.73 Å². The Labute approximate surface area is 76.9 Å². The molecule has 0 radical (unpaired) electrons. The topological polar surface area (TPSA) is 32.7 Å². The standard InChI is InChI=1S/C10H11NO2/c1-11-7-13-6-9(11)8-4-2-3-5-10(8)12/h2-6,12H,7H2,1H3. The molecule has 3 nitrogen and oxygen atoms in total. The van der Waals surface area contributed by atoms with Crippen molar-refractivity contribution in [3.63, 3.8) is 0 Å². The Morgan fingerprint density at radius 3 is 2.77 bits per heavy atom. The minimum Gasteiger partial charge on any atom is -0.507 e. The second-order valence-electron chi connectivity index (χ2n) is 3.01. The zero-order valence-corrected chi connectivity index (χ0v) is 7.40. The Balaban J connectivity index is 2.40. The van der Waals surface area contributed by atoms with E-state index in [4.69, 9.17) is 4.74 Å². The van der Waals surface area contributed by atoms with Crippen molar-refractivity contribution in [1.82, 2.24) is 4.90 Å². The van der Waals surface area contributed by atoms with E-state index in [1.165, 1.54) is 0 Å². The average molecular weight is 177 g/mol. The maximum absolute atomic E-state index is 9.57. The number of benzene rings is 1. The third-order valence-electron chi connectivity index (χ3n) is 2.05. The molecule has 0 amide bonds. The molecule has 0 saturated heterocycles. The summed E-state index contributed by atoms with van der Waals surface area (Å²) in [4.78, 5) is 1.94. The van der Waals surface area contributed by atoms with Crippen molar-refractivity contribution in [3.05, 3.63) is 36.1 Å². The lowest BCUT2D eigenvalue weighted by atomic mass is 10.1. The highest BCUT2D eigenvalue weighted by molar-refractivity contribution is 5.68. The minimum absolute atomic E-state index is 0.283. The summed E-state index contributed by atoms with van der Waals surface area (Å²) in [5, 5.41) is 9.57. The molecule has 3 heteroatoms. The van der Waals surface area contributed by atoms with Gasteiger partial charge in [-0.25, -0.2) is 0 Å². The van der Waals surface area contributed by atoms with Crippen molar-refractivity contribution in [2.75, 3.05) is 13.8 Å². The van der Waals surface area contributed by atoms with Gasteiger partial charge in [-0.2, -0.15) is 0 Å². The van der Waals surface area contributed by atoms with Crippen LogP contribution in [0.15, 0.2) is 30.5 Å². The van der Waals surface area contributed by atoms with E-state index in [9.17, 15) is 5.11 Å². The maximum Gasteiger partial charge on any atom is 0.160 e.